The van der Waals surface area contributed by atoms with Crippen molar-refractivity contribution in [2.75, 3.05) is 7.11 Å². The molecule has 0 spiro atoms. The van der Waals surface area contributed by atoms with Crippen LogP contribution in [0.25, 0.3) is 0 Å². The number of carbonyl (C=O) groups is 2. The molecular weight excluding hydrogens is 322 g/mol. The first-order valence-electron chi connectivity index (χ1n) is 7.59. The SMILES string of the molecule is COc1cccc(/C=N/N2C(=O)N[C@](C)(c3ccccc3)C2=O)c1O. The molecule has 0 unspecified atom stereocenters. The normalized spacial score (nSPS) is 20.2. The van der Waals surface area contributed by atoms with Crippen LogP contribution in [-0.4, -0.2) is 35.4 Å². The molecule has 0 bridgehead atoms. The van der Waals surface area contributed by atoms with Gasteiger partial charge in [0, 0.05) is 5.56 Å². The first kappa shape index (κ1) is 16.5. The molecule has 2 aromatic rings. The summed E-state index contributed by atoms with van der Waals surface area (Å²) in [5.41, 5.74) is -0.199. The summed E-state index contributed by atoms with van der Waals surface area (Å²) in [4.78, 5) is 24.9. The van der Waals surface area contributed by atoms with Gasteiger partial charge in [-0.15, -0.1) is 5.01 Å². The van der Waals surface area contributed by atoms with Crippen molar-refractivity contribution >= 4 is 18.2 Å². The minimum Gasteiger partial charge on any atom is -0.504 e. The van der Waals surface area contributed by atoms with Gasteiger partial charge in [-0.1, -0.05) is 36.4 Å². The summed E-state index contributed by atoms with van der Waals surface area (Å²) >= 11 is 0. The number of hydrogen-bond donors (Lipinski definition) is 2. The molecule has 0 radical (unpaired) electrons. The molecule has 128 valence electrons. The van der Waals surface area contributed by atoms with Crippen molar-refractivity contribution in [1.82, 2.24) is 10.3 Å². The van der Waals surface area contributed by atoms with Crippen LogP contribution in [0.2, 0.25) is 0 Å². The Labute approximate surface area is 144 Å². The molecule has 0 saturated carbocycles. The van der Waals surface area contributed by atoms with E-state index in [0.717, 1.165) is 5.01 Å². The maximum atomic E-state index is 12.7. The number of para-hydroxylation sites is 1. The van der Waals surface area contributed by atoms with Crippen LogP contribution in [0.1, 0.15) is 18.1 Å². The zero-order chi connectivity index (χ0) is 18.0. The fraction of sp³-hybridized carbons (Fsp3) is 0.167. The number of nitrogens with one attached hydrogen (secondary N) is 1. The summed E-state index contributed by atoms with van der Waals surface area (Å²) in [5.74, 6) is -0.343. The second kappa shape index (κ2) is 6.27. The molecule has 2 aromatic carbocycles. The fourth-order valence-electron chi connectivity index (χ4n) is 2.62. The van der Waals surface area contributed by atoms with Crippen molar-refractivity contribution in [2.45, 2.75) is 12.5 Å². The van der Waals surface area contributed by atoms with Crippen LogP contribution < -0.4 is 10.1 Å². The van der Waals surface area contributed by atoms with Gasteiger partial charge < -0.3 is 15.2 Å². The summed E-state index contributed by atoms with van der Waals surface area (Å²) < 4.78 is 5.02. The number of nitrogens with zero attached hydrogens (tertiary/aromatic N) is 2. The lowest BCUT2D eigenvalue weighted by atomic mass is 9.92. The summed E-state index contributed by atoms with van der Waals surface area (Å²) in [6, 6.07) is 13.2. The Morgan fingerprint density at radius 2 is 1.88 bits per heavy atom. The molecule has 1 fully saturated rings. The van der Waals surface area contributed by atoms with Crippen LogP contribution in [-0.2, 0) is 10.3 Å². The standard InChI is InChI=1S/C18H17N3O4/c1-18(13-8-4-3-5-9-13)16(23)21(17(24)20-18)19-11-12-7-6-10-14(25-2)15(12)22/h3-11,22H,1-2H3,(H,20,24)/b19-11+/t18-/m1/s1. The number of imide groups is 1. The molecule has 1 heterocycles. The van der Waals surface area contributed by atoms with Gasteiger partial charge >= 0.3 is 6.03 Å². The number of hydrazone groups is 1. The molecule has 2 N–H and O–H groups in total. The highest BCUT2D eigenvalue weighted by molar-refractivity contribution is 6.07. The van der Waals surface area contributed by atoms with E-state index >= 15 is 0 Å². The monoisotopic (exact) mass is 339 g/mol. The topological polar surface area (TPSA) is 91.2 Å². The first-order chi connectivity index (χ1) is 12.0. The molecule has 0 aliphatic carbocycles. The Hall–Kier alpha value is -3.35. The summed E-state index contributed by atoms with van der Waals surface area (Å²) in [7, 11) is 1.43. The van der Waals surface area contributed by atoms with Crippen LogP contribution in [0.3, 0.4) is 0 Å². The summed E-state index contributed by atoms with van der Waals surface area (Å²) in [6.45, 7) is 1.63. The maximum absolute atomic E-state index is 12.7. The van der Waals surface area contributed by atoms with Crippen molar-refractivity contribution in [3.05, 3.63) is 59.7 Å². The van der Waals surface area contributed by atoms with E-state index in [2.05, 4.69) is 10.4 Å². The second-order valence-electron chi connectivity index (χ2n) is 5.68. The molecule has 0 aromatic heterocycles. The third kappa shape index (κ3) is 2.80. The number of benzene rings is 2. The minimum atomic E-state index is -1.19. The van der Waals surface area contributed by atoms with Crippen molar-refractivity contribution in [3.8, 4) is 11.5 Å². The van der Waals surface area contributed by atoms with Gasteiger partial charge in [-0.05, 0) is 24.6 Å². The summed E-state index contributed by atoms with van der Waals surface area (Å²) in [6.07, 6.45) is 1.24. The summed E-state index contributed by atoms with van der Waals surface area (Å²) in [5, 5.41) is 17.4. The van der Waals surface area contributed by atoms with Crippen molar-refractivity contribution in [1.29, 1.82) is 0 Å². The van der Waals surface area contributed by atoms with E-state index < -0.39 is 17.5 Å². The number of amides is 3. The molecule has 3 amide bonds. The lowest BCUT2D eigenvalue weighted by molar-refractivity contribution is -0.131. The van der Waals surface area contributed by atoms with Gasteiger partial charge in [-0.3, -0.25) is 4.79 Å². The van der Waals surface area contributed by atoms with Gasteiger partial charge in [0.25, 0.3) is 5.91 Å². The number of rotatable bonds is 4. The number of phenolic OH excluding ortho intramolecular Hbond substituents is 1. The van der Waals surface area contributed by atoms with E-state index in [0.29, 0.717) is 11.1 Å². The number of ether oxygens (including phenoxy) is 1. The van der Waals surface area contributed by atoms with Gasteiger partial charge in [0.05, 0.1) is 13.3 Å². The number of hydrogen-bond acceptors (Lipinski definition) is 5. The minimum absolute atomic E-state index is 0.119. The maximum Gasteiger partial charge on any atom is 0.346 e. The van der Waals surface area contributed by atoms with E-state index in [1.165, 1.54) is 13.3 Å². The van der Waals surface area contributed by atoms with E-state index in [1.54, 1.807) is 49.4 Å². The van der Waals surface area contributed by atoms with Crippen molar-refractivity contribution in [2.24, 2.45) is 5.10 Å². The molecule has 25 heavy (non-hydrogen) atoms. The molecule has 1 aliphatic rings. The third-order valence-electron chi connectivity index (χ3n) is 4.08. The smallest absolute Gasteiger partial charge is 0.346 e. The predicted octanol–water partition coefficient (Wildman–Crippen LogP) is 2.20. The Kier molecular flexibility index (Phi) is 4.14. The number of carbonyl (C=O) groups excluding carboxylic acids is 2. The number of urea groups is 1. The highest BCUT2D eigenvalue weighted by Gasteiger charge is 2.49. The number of phenols is 1. The van der Waals surface area contributed by atoms with E-state index in [-0.39, 0.29) is 11.5 Å². The highest BCUT2D eigenvalue weighted by Crippen LogP contribution is 2.30. The third-order valence-corrected chi connectivity index (χ3v) is 4.08. The average Bonchev–Trinajstić information content (AvgIpc) is 2.85. The average molecular weight is 339 g/mol. The molecule has 1 aliphatic heterocycles. The lowest BCUT2D eigenvalue weighted by Gasteiger charge is -2.20. The second-order valence-corrected chi connectivity index (χ2v) is 5.68. The number of methoxy groups -OCH3 is 1. The van der Waals surface area contributed by atoms with Gasteiger partial charge in [0.15, 0.2) is 11.5 Å². The zero-order valence-electron chi connectivity index (χ0n) is 13.8. The van der Waals surface area contributed by atoms with Crippen LogP contribution >= 0.6 is 0 Å². The molecule has 7 heteroatoms. The van der Waals surface area contributed by atoms with Crippen molar-refractivity contribution in [3.63, 3.8) is 0 Å². The number of aromatic hydroxyl groups is 1. The van der Waals surface area contributed by atoms with E-state index in [9.17, 15) is 14.7 Å². The van der Waals surface area contributed by atoms with Crippen LogP contribution in [0, 0.1) is 0 Å². The molecule has 3 rings (SSSR count). The Morgan fingerprint density at radius 1 is 1.16 bits per heavy atom. The lowest BCUT2D eigenvalue weighted by Crippen LogP contribution is -2.40. The van der Waals surface area contributed by atoms with Gasteiger partial charge in [0.2, 0.25) is 0 Å². The van der Waals surface area contributed by atoms with Crippen LogP contribution in [0.5, 0.6) is 11.5 Å². The van der Waals surface area contributed by atoms with Crippen molar-refractivity contribution < 1.29 is 19.4 Å². The van der Waals surface area contributed by atoms with Gasteiger partial charge in [-0.2, -0.15) is 5.10 Å². The first-order valence-corrected chi connectivity index (χ1v) is 7.59. The van der Waals surface area contributed by atoms with Crippen LogP contribution in [0.15, 0.2) is 53.6 Å². The molecule has 7 nitrogen and oxygen atoms in total. The van der Waals surface area contributed by atoms with E-state index in [1.807, 2.05) is 6.07 Å². The Balaban J connectivity index is 1.89. The molecule has 1 atom stereocenters. The quantitative estimate of drug-likeness (QED) is 0.660. The Morgan fingerprint density at radius 3 is 2.56 bits per heavy atom. The van der Waals surface area contributed by atoms with Crippen LogP contribution in [0.4, 0.5) is 4.79 Å². The fourth-order valence-corrected chi connectivity index (χ4v) is 2.62. The predicted molar refractivity (Wildman–Crippen MR) is 91.4 cm³/mol. The van der Waals surface area contributed by atoms with Gasteiger partial charge in [-0.25, -0.2) is 4.79 Å². The highest BCUT2D eigenvalue weighted by atomic mass is 16.5. The molecule has 1 saturated heterocycles. The molecular formula is C18H17N3O4. The largest absolute Gasteiger partial charge is 0.504 e. The van der Waals surface area contributed by atoms with Gasteiger partial charge in [0.1, 0.15) is 5.54 Å². The Bertz CT molecular complexity index is 851. The zero-order valence-corrected chi connectivity index (χ0v) is 13.8. The van der Waals surface area contributed by atoms with E-state index in [4.69, 9.17) is 4.74 Å².